The summed E-state index contributed by atoms with van der Waals surface area (Å²) in [6.45, 7) is 0. The van der Waals surface area contributed by atoms with E-state index in [1.165, 1.54) is 11.3 Å². The monoisotopic (exact) mass is 400 g/mol. The summed E-state index contributed by atoms with van der Waals surface area (Å²) >= 11 is 1.40. The van der Waals surface area contributed by atoms with Crippen LogP contribution >= 0.6 is 11.3 Å². The predicted molar refractivity (Wildman–Crippen MR) is 108 cm³/mol. The summed E-state index contributed by atoms with van der Waals surface area (Å²) in [7, 11) is 3.19. The highest BCUT2D eigenvalue weighted by molar-refractivity contribution is 7.14. The number of aromatic nitrogens is 1. The molecule has 28 heavy (non-hydrogen) atoms. The van der Waals surface area contributed by atoms with E-state index in [-0.39, 0.29) is 23.7 Å². The molecule has 0 aliphatic heterocycles. The van der Waals surface area contributed by atoms with Crippen LogP contribution in [-0.2, 0) is 9.59 Å². The molecule has 148 valence electrons. The van der Waals surface area contributed by atoms with Crippen LogP contribution in [0, 0.1) is 17.8 Å². The molecule has 2 bridgehead atoms. The van der Waals surface area contributed by atoms with E-state index in [4.69, 9.17) is 9.47 Å². The van der Waals surface area contributed by atoms with E-state index < -0.39 is 0 Å². The van der Waals surface area contributed by atoms with E-state index in [1.807, 2.05) is 23.6 Å². The highest BCUT2D eigenvalue weighted by atomic mass is 32.1. The zero-order chi connectivity index (χ0) is 19.7. The van der Waals surface area contributed by atoms with E-state index in [1.54, 1.807) is 14.2 Å². The largest absolute Gasteiger partial charge is 0.493 e. The first-order chi connectivity index (χ1) is 13.6. The maximum atomic E-state index is 12.7. The molecule has 4 rings (SSSR count). The number of amides is 1. The van der Waals surface area contributed by atoms with Crippen LogP contribution in [0.25, 0.3) is 11.3 Å². The number of benzene rings is 1. The second kappa shape index (κ2) is 7.91. The molecule has 2 aliphatic rings. The Kier molecular flexibility index (Phi) is 5.35. The number of fused-ring (bicyclic) bond motifs is 2. The molecule has 0 radical (unpaired) electrons. The van der Waals surface area contributed by atoms with Gasteiger partial charge < -0.3 is 14.8 Å². The fourth-order valence-electron chi connectivity index (χ4n) is 4.36. The van der Waals surface area contributed by atoms with Crippen molar-refractivity contribution in [3.63, 3.8) is 0 Å². The molecule has 2 atom stereocenters. The minimum absolute atomic E-state index is 0.0161. The summed E-state index contributed by atoms with van der Waals surface area (Å²) in [6, 6.07) is 5.62. The van der Waals surface area contributed by atoms with E-state index in [0.29, 0.717) is 35.3 Å². The van der Waals surface area contributed by atoms with Crippen molar-refractivity contribution in [2.45, 2.75) is 32.1 Å². The average Bonchev–Trinajstić information content (AvgIpc) is 3.15. The van der Waals surface area contributed by atoms with Crippen LogP contribution in [0.15, 0.2) is 23.6 Å². The van der Waals surface area contributed by atoms with Crippen LogP contribution in [0.5, 0.6) is 11.5 Å². The third-order valence-electron chi connectivity index (χ3n) is 5.83. The SMILES string of the molecule is COc1ccc(-c2csc(NC(=O)C3C[C@H]4CCC[C@H](C3)C4=O)n2)cc1OC. The van der Waals surface area contributed by atoms with Crippen LogP contribution in [0.3, 0.4) is 0 Å². The van der Waals surface area contributed by atoms with Crippen molar-refractivity contribution >= 4 is 28.2 Å². The molecule has 1 aromatic carbocycles. The molecule has 1 N–H and O–H groups in total. The lowest BCUT2D eigenvalue weighted by Crippen LogP contribution is -2.40. The summed E-state index contributed by atoms with van der Waals surface area (Å²) < 4.78 is 10.6. The van der Waals surface area contributed by atoms with Crippen LogP contribution in [0.2, 0.25) is 0 Å². The molecule has 6 nitrogen and oxygen atoms in total. The number of ketones is 1. The highest BCUT2D eigenvalue weighted by Gasteiger charge is 2.41. The van der Waals surface area contributed by atoms with E-state index in [9.17, 15) is 9.59 Å². The van der Waals surface area contributed by atoms with Gasteiger partial charge in [0.15, 0.2) is 16.6 Å². The van der Waals surface area contributed by atoms with Gasteiger partial charge >= 0.3 is 0 Å². The summed E-state index contributed by atoms with van der Waals surface area (Å²) in [4.78, 5) is 29.5. The van der Waals surface area contributed by atoms with Crippen molar-refractivity contribution in [3.05, 3.63) is 23.6 Å². The lowest BCUT2D eigenvalue weighted by Gasteiger charge is -2.36. The molecule has 0 spiro atoms. The first-order valence-electron chi connectivity index (χ1n) is 9.61. The van der Waals surface area contributed by atoms with Crippen LogP contribution in [-0.4, -0.2) is 30.9 Å². The van der Waals surface area contributed by atoms with Crippen molar-refractivity contribution in [1.29, 1.82) is 0 Å². The summed E-state index contributed by atoms with van der Waals surface area (Å²) in [5.74, 6) is 1.70. The number of nitrogens with zero attached hydrogens (tertiary/aromatic N) is 1. The molecule has 1 amide bonds. The second-order valence-electron chi connectivity index (χ2n) is 7.49. The number of methoxy groups -OCH3 is 2. The smallest absolute Gasteiger partial charge is 0.229 e. The zero-order valence-corrected chi connectivity index (χ0v) is 16.9. The van der Waals surface area contributed by atoms with E-state index >= 15 is 0 Å². The molecule has 0 saturated heterocycles. The predicted octanol–water partition coefficient (Wildman–Crippen LogP) is 4.16. The average molecular weight is 401 g/mol. The number of thiazole rings is 1. The number of nitrogens with one attached hydrogen (secondary N) is 1. The Labute approximate surface area is 168 Å². The third-order valence-corrected chi connectivity index (χ3v) is 6.59. The lowest BCUT2D eigenvalue weighted by molar-refractivity contribution is -0.136. The van der Waals surface area contributed by atoms with Crippen molar-refractivity contribution in [2.24, 2.45) is 17.8 Å². The Balaban J connectivity index is 1.45. The standard InChI is InChI=1S/C21H24N2O4S/c1-26-17-7-6-12(10-18(17)27-2)16-11-28-21(22-16)23-20(25)15-8-13-4-3-5-14(9-15)19(13)24/h6-7,10-11,13-15H,3-5,8-9H2,1-2H3,(H,22,23,25)/t13-,14-/m1/s1. The van der Waals surface area contributed by atoms with Crippen LogP contribution < -0.4 is 14.8 Å². The highest BCUT2D eigenvalue weighted by Crippen LogP contribution is 2.40. The quantitative estimate of drug-likeness (QED) is 0.815. The lowest BCUT2D eigenvalue weighted by atomic mass is 9.67. The maximum Gasteiger partial charge on any atom is 0.229 e. The van der Waals surface area contributed by atoms with Gasteiger partial charge in [-0.15, -0.1) is 11.3 Å². The molecule has 1 aromatic heterocycles. The van der Waals surface area contributed by atoms with Gasteiger partial charge in [-0.1, -0.05) is 6.42 Å². The summed E-state index contributed by atoms with van der Waals surface area (Å²) in [6.07, 6.45) is 4.32. The number of anilines is 1. The van der Waals surface area contributed by atoms with E-state index in [0.717, 1.165) is 30.5 Å². The number of carbonyl (C=O) groups excluding carboxylic acids is 2. The summed E-state index contributed by atoms with van der Waals surface area (Å²) in [5.41, 5.74) is 1.67. The zero-order valence-electron chi connectivity index (χ0n) is 16.1. The number of hydrogen-bond donors (Lipinski definition) is 1. The van der Waals surface area contributed by atoms with Crippen molar-refractivity contribution in [2.75, 3.05) is 19.5 Å². The molecule has 1 heterocycles. The van der Waals surface area contributed by atoms with Crippen molar-refractivity contribution < 1.29 is 19.1 Å². The Morgan fingerprint density at radius 1 is 1.14 bits per heavy atom. The molecular weight excluding hydrogens is 376 g/mol. The minimum atomic E-state index is -0.0959. The van der Waals surface area contributed by atoms with Gasteiger partial charge in [0.25, 0.3) is 0 Å². The first-order valence-corrected chi connectivity index (χ1v) is 10.5. The fraction of sp³-hybridized carbons (Fsp3) is 0.476. The van der Waals surface area contributed by atoms with E-state index in [2.05, 4.69) is 10.3 Å². The first kappa shape index (κ1) is 18.9. The second-order valence-corrected chi connectivity index (χ2v) is 8.35. The maximum absolute atomic E-state index is 12.7. The Hall–Kier alpha value is -2.41. The number of ether oxygens (including phenoxy) is 2. The molecule has 7 heteroatoms. The number of hydrogen-bond acceptors (Lipinski definition) is 6. The van der Waals surface area contributed by atoms with Crippen molar-refractivity contribution in [1.82, 2.24) is 4.98 Å². The molecule has 2 aromatic rings. The van der Waals surface area contributed by atoms with Gasteiger partial charge in [0.1, 0.15) is 5.78 Å². The Morgan fingerprint density at radius 2 is 1.86 bits per heavy atom. The molecule has 2 aliphatic carbocycles. The molecular formula is C21H24N2O4S. The van der Waals surface area contributed by atoms with Gasteiger partial charge in [0.05, 0.1) is 19.9 Å². The van der Waals surface area contributed by atoms with Gasteiger partial charge in [-0.25, -0.2) is 4.98 Å². The number of rotatable bonds is 5. The fourth-order valence-corrected chi connectivity index (χ4v) is 5.08. The normalized spacial score (nSPS) is 23.9. The van der Waals surface area contributed by atoms with Gasteiger partial charge in [0.2, 0.25) is 5.91 Å². The van der Waals surface area contributed by atoms with Gasteiger partial charge in [-0.2, -0.15) is 0 Å². The molecule has 2 fully saturated rings. The number of carbonyl (C=O) groups is 2. The Morgan fingerprint density at radius 3 is 2.54 bits per heavy atom. The molecule has 2 saturated carbocycles. The van der Waals surface area contributed by atoms with Crippen LogP contribution in [0.1, 0.15) is 32.1 Å². The topological polar surface area (TPSA) is 77.5 Å². The van der Waals surface area contributed by atoms with Crippen LogP contribution in [0.4, 0.5) is 5.13 Å². The van der Waals surface area contributed by atoms with Gasteiger partial charge in [0, 0.05) is 28.7 Å². The van der Waals surface area contributed by atoms with Gasteiger partial charge in [-0.3, -0.25) is 9.59 Å². The molecule has 0 unspecified atom stereocenters. The minimum Gasteiger partial charge on any atom is -0.493 e. The third kappa shape index (κ3) is 3.63. The Bertz CT molecular complexity index is 878. The van der Waals surface area contributed by atoms with Crippen molar-refractivity contribution in [3.8, 4) is 22.8 Å². The summed E-state index contributed by atoms with van der Waals surface area (Å²) in [5, 5.41) is 5.45. The van der Waals surface area contributed by atoms with Gasteiger partial charge in [-0.05, 0) is 43.9 Å². The number of Topliss-reactive ketones (excluding diaryl/α,β-unsaturated/α-hetero) is 1.